The van der Waals surface area contributed by atoms with Crippen molar-refractivity contribution in [2.24, 2.45) is 0 Å². The van der Waals surface area contributed by atoms with Gasteiger partial charge in [0.25, 0.3) is 0 Å². The fourth-order valence-corrected chi connectivity index (χ4v) is 13.1. The van der Waals surface area contributed by atoms with Gasteiger partial charge in [-0.1, -0.05) is 391 Å². The lowest BCUT2D eigenvalue weighted by Crippen LogP contribution is -2.60. The topological polar surface area (TPSA) is 149 Å². The minimum atomic E-state index is -1.57. The number of rotatable bonds is 71. The summed E-state index contributed by atoms with van der Waals surface area (Å²) in [5.41, 5.74) is 0. The lowest BCUT2D eigenvalue weighted by molar-refractivity contribution is -0.302. The Kier molecular flexibility index (Phi) is 65.9. The summed E-state index contributed by atoms with van der Waals surface area (Å²) in [6.45, 7) is 3.85. The highest BCUT2D eigenvalue weighted by Gasteiger charge is 2.44. The summed E-state index contributed by atoms with van der Waals surface area (Å²) in [6.07, 6.45) is 84.7. The molecule has 1 amide bonds. The van der Waals surface area contributed by atoms with Gasteiger partial charge in [-0.2, -0.15) is 0 Å². The largest absolute Gasteiger partial charge is 0.394 e. The Bertz CT molecular complexity index is 1440. The zero-order chi connectivity index (χ0) is 63.5. The molecule has 0 aliphatic carbocycles. The summed E-state index contributed by atoms with van der Waals surface area (Å²) in [7, 11) is 0. The summed E-state index contributed by atoms with van der Waals surface area (Å²) in [4.78, 5) is 13.2. The van der Waals surface area contributed by atoms with Gasteiger partial charge in [-0.25, -0.2) is 0 Å². The third-order valence-electron chi connectivity index (χ3n) is 19.3. The monoisotopic (exact) mass is 1240 g/mol. The number of aliphatic hydroxyl groups is 5. The van der Waals surface area contributed by atoms with Crippen LogP contribution >= 0.6 is 0 Å². The molecule has 1 aliphatic rings. The zero-order valence-corrected chi connectivity index (χ0v) is 58.8. The van der Waals surface area contributed by atoms with Crippen LogP contribution in [0.3, 0.4) is 0 Å². The van der Waals surface area contributed by atoms with Crippen molar-refractivity contribution >= 4 is 5.91 Å². The molecule has 522 valence electrons. The highest BCUT2D eigenvalue weighted by molar-refractivity contribution is 5.76. The predicted octanol–water partition coefficient (Wildman–Crippen LogP) is 22.4. The van der Waals surface area contributed by atoms with E-state index in [-0.39, 0.29) is 12.5 Å². The number of nitrogens with one attached hydrogen (secondary N) is 1. The average molecular weight is 1250 g/mol. The van der Waals surface area contributed by atoms with E-state index in [1.807, 2.05) is 6.08 Å². The van der Waals surface area contributed by atoms with E-state index in [0.717, 1.165) is 38.5 Å². The van der Waals surface area contributed by atoms with Crippen LogP contribution in [0, 0.1) is 0 Å². The SMILES string of the molecule is CCCCCCCCCC/C=C\CCCCCCCCCCCCCCCCCCCCCCCCCC(=O)NC(COC1OC(CO)C(O)C(O)C1O)C(O)/C=C/CCCCCCCCCCCCCCCCCCCCCCCCCCCCCC. The molecule has 7 unspecified atom stereocenters. The Morgan fingerprint density at radius 2 is 0.636 bits per heavy atom. The van der Waals surface area contributed by atoms with E-state index in [2.05, 4.69) is 31.3 Å². The minimum Gasteiger partial charge on any atom is -0.394 e. The Labute approximate surface area is 547 Å². The van der Waals surface area contributed by atoms with E-state index in [1.54, 1.807) is 6.08 Å². The second-order valence-electron chi connectivity index (χ2n) is 27.9. The molecule has 0 aromatic heterocycles. The number of amides is 1. The maximum Gasteiger partial charge on any atom is 0.220 e. The van der Waals surface area contributed by atoms with Gasteiger partial charge in [0.1, 0.15) is 24.4 Å². The van der Waals surface area contributed by atoms with Crippen molar-refractivity contribution in [1.82, 2.24) is 5.32 Å². The molecular weight excluding hydrogens is 1090 g/mol. The molecule has 0 saturated carbocycles. The molecule has 0 bridgehead atoms. The van der Waals surface area contributed by atoms with Crippen LogP contribution in [0.1, 0.15) is 418 Å². The first-order valence-corrected chi connectivity index (χ1v) is 39.6. The van der Waals surface area contributed by atoms with E-state index in [0.29, 0.717) is 6.42 Å². The molecule has 0 radical (unpaired) electrons. The Balaban J connectivity index is 2.06. The van der Waals surface area contributed by atoms with E-state index in [9.17, 15) is 30.3 Å². The normalized spacial score (nSPS) is 17.9. The van der Waals surface area contributed by atoms with Gasteiger partial charge in [-0.15, -0.1) is 0 Å². The summed E-state index contributed by atoms with van der Waals surface area (Å²) < 4.78 is 11.3. The number of allylic oxidation sites excluding steroid dienone is 3. The van der Waals surface area contributed by atoms with Gasteiger partial charge in [0.15, 0.2) is 6.29 Å². The summed E-state index contributed by atoms with van der Waals surface area (Å²) in [5.74, 6) is -0.166. The first-order chi connectivity index (χ1) is 43.3. The second kappa shape index (κ2) is 68.5. The smallest absolute Gasteiger partial charge is 0.220 e. The number of aliphatic hydroxyl groups excluding tert-OH is 5. The van der Waals surface area contributed by atoms with Crippen LogP contribution < -0.4 is 5.32 Å². The van der Waals surface area contributed by atoms with Crippen LogP contribution in [-0.2, 0) is 14.3 Å². The zero-order valence-electron chi connectivity index (χ0n) is 58.8. The van der Waals surface area contributed by atoms with Crippen LogP contribution in [-0.4, -0.2) is 87.5 Å². The Morgan fingerprint density at radius 3 is 0.920 bits per heavy atom. The molecule has 9 heteroatoms. The van der Waals surface area contributed by atoms with Crippen LogP contribution in [0.25, 0.3) is 0 Å². The number of carbonyl (C=O) groups is 1. The van der Waals surface area contributed by atoms with Gasteiger partial charge in [-0.3, -0.25) is 4.79 Å². The molecule has 1 saturated heterocycles. The minimum absolute atomic E-state index is 0.166. The molecular formula is C79H153NO8. The van der Waals surface area contributed by atoms with Gasteiger partial charge < -0.3 is 40.3 Å². The number of hydrogen-bond acceptors (Lipinski definition) is 8. The van der Waals surface area contributed by atoms with Crippen molar-refractivity contribution in [3.05, 3.63) is 24.3 Å². The lowest BCUT2D eigenvalue weighted by atomic mass is 9.99. The van der Waals surface area contributed by atoms with Gasteiger partial charge in [0.05, 0.1) is 25.4 Å². The van der Waals surface area contributed by atoms with Crippen molar-refractivity contribution in [2.45, 2.75) is 461 Å². The highest BCUT2D eigenvalue weighted by Crippen LogP contribution is 2.24. The molecule has 88 heavy (non-hydrogen) atoms. The van der Waals surface area contributed by atoms with Gasteiger partial charge >= 0.3 is 0 Å². The van der Waals surface area contributed by atoms with Crippen molar-refractivity contribution in [3.63, 3.8) is 0 Å². The molecule has 0 spiro atoms. The van der Waals surface area contributed by atoms with Gasteiger partial charge in [0, 0.05) is 6.42 Å². The van der Waals surface area contributed by atoms with Crippen LogP contribution in [0.2, 0.25) is 0 Å². The third kappa shape index (κ3) is 56.2. The quantitative estimate of drug-likeness (QED) is 0.0261. The van der Waals surface area contributed by atoms with Gasteiger partial charge in [0.2, 0.25) is 5.91 Å². The van der Waals surface area contributed by atoms with Gasteiger partial charge in [-0.05, 0) is 44.9 Å². The molecule has 6 N–H and O–H groups in total. The predicted molar refractivity (Wildman–Crippen MR) is 378 cm³/mol. The Hall–Kier alpha value is -1.33. The van der Waals surface area contributed by atoms with E-state index in [1.165, 1.54) is 360 Å². The van der Waals surface area contributed by atoms with E-state index < -0.39 is 49.5 Å². The highest BCUT2D eigenvalue weighted by atomic mass is 16.7. The molecule has 1 fully saturated rings. The summed E-state index contributed by atoms with van der Waals surface area (Å²) in [6, 6.07) is -0.804. The number of carbonyl (C=O) groups excluding carboxylic acids is 1. The maximum absolute atomic E-state index is 13.2. The van der Waals surface area contributed by atoms with Crippen molar-refractivity contribution in [3.8, 4) is 0 Å². The first kappa shape index (κ1) is 84.7. The van der Waals surface area contributed by atoms with Crippen LogP contribution in [0.15, 0.2) is 24.3 Å². The fraction of sp³-hybridized carbons (Fsp3) is 0.937. The number of ether oxygens (including phenoxy) is 2. The summed E-state index contributed by atoms with van der Waals surface area (Å²) in [5, 5.41) is 54.9. The van der Waals surface area contributed by atoms with Crippen LogP contribution in [0.5, 0.6) is 0 Å². The maximum atomic E-state index is 13.2. The fourth-order valence-electron chi connectivity index (χ4n) is 13.1. The molecule has 7 atom stereocenters. The molecule has 1 rings (SSSR count). The lowest BCUT2D eigenvalue weighted by Gasteiger charge is -2.40. The Morgan fingerprint density at radius 1 is 0.375 bits per heavy atom. The van der Waals surface area contributed by atoms with E-state index in [4.69, 9.17) is 9.47 Å². The second-order valence-corrected chi connectivity index (χ2v) is 27.9. The number of hydrogen-bond donors (Lipinski definition) is 6. The molecule has 0 aromatic carbocycles. The molecule has 1 heterocycles. The number of unbranched alkanes of at least 4 members (excludes halogenated alkanes) is 59. The average Bonchev–Trinajstić information content (AvgIpc) is 3.65. The standard InChI is InChI=1S/C79H153NO8/c1-3-5-7-9-11-13-15-17-19-21-23-25-27-29-31-33-35-36-37-38-39-41-43-45-47-49-51-53-55-57-59-61-63-65-67-69-75(83)80-72(71-87-79-78(86)77(85)76(84)74(70-81)88-79)73(82)68-66-64-62-60-58-56-54-52-50-48-46-44-42-40-34-32-30-28-26-24-22-20-18-16-14-12-10-8-6-4-2/h21,23,66,68,72-74,76-79,81-82,84-86H,3-20,22,24-65,67,69-71H2,1-2H3,(H,80,83)/b23-21-,68-66+. The molecule has 9 nitrogen and oxygen atoms in total. The summed E-state index contributed by atoms with van der Waals surface area (Å²) >= 11 is 0. The van der Waals surface area contributed by atoms with Crippen LogP contribution in [0.4, 0.5) is 0 Å². The third-order valence-corrected chi connectivity index (χ3v) is 19.3. The molecule has 0 aromatic rings. The van der Waals surface area contributed by atoms with E-state index >= 15 is 0 Å². The van der Waals surface area contributed by atoms with Crippen molar-refractivity contribution < 1.29 is 39.8 Å². The first-order valence-electron chi connectivity index (χ1n) is 39.6. The van der Waals surface area contributed by atoms with Crippen molar-refractivity contribution in [1.29, 1.82) is 0 Å². The van der Waals surface area contributed by atoms with Crippen molar-refractivity contribution in [2.75, 3.05) is 13.2 Å². The molecule has 1 aliphatic heterocycles.